The van der Waals surface area contributed by atoms with Crippen molar-refractivity contribution < 1.29 is 37.2 Å². The summed E-state index contributed by atoms with van der Waals surface area (Å²) >= 11 is 0. The van der Waals surface area contributed by atoms with E-state index in [9.17, 15) is 0 Å². The molecule has 52 heavy (non-hydrogen) atoms. The Hall–Kier alpha value is -5.00. The van der Waals surface area contributed by atoms with Gasteiger partial charge in [0, 0.05) is 47.9 Å². The number of aryl methyl sites for hydroxylation is 1. The van der Waals surface area contributed by atoms with Crippen LogP contribution in [0.5, 0.6) is 0 Å². The average Bonchev–Trinajstić information content (AvgIpc) is 3.45. The molecule has 0 N–H and O–H groups in total. The van der Waals surface area contributed by atoms with Gasteiger partial charge in [-0.05, 0) is 64.6 Å². The minimum Gasteiger partial charge on any atom is -0.416 e. The van der Waals surface area contributed by atoms with Crippen LogP contribution in [0, 0.1) is 13.0 Å². The summed E-state index contributed by atoms with van der Waals surface area (Å²) in [4.78, 5) is 0. The molecule has 0 saturated carbocycles. The number of benzene rings is 7. The molecule has 2 bridgehead atoms. The Morgan fingerprint density at radius 3 is 1.27 bits per heavy atom. The van der Waals surface area contributed by atoms with Crippen molar-refractivity contribution in [3.8, 4) is 10.6 Å². The van der Waals surface area contributed by atoms with E-state index < -0.39 is 16.0 Å². The summed E-state index contributed by atoms with van der Waals surface area (Å²) in [6.07, 6.45) is 0. The summed E-state index contributed by atoms with van der Waals surface area (Å²) in [6.45, 7) is 2.23. The average molecular weight is 882 g/mol. The summed E-state index contributed by atoms with van der Waals surface area (Å²) < 4.78 is 27.7. The molecule has 4 nitrogen and oxygen atoms in total. The van der Waals surface area contributed by atoms with Crippen molar-refractivity contribution in [1.82, 2.24) is 0 Å². The van der Waals surface area contributed by atoms with Crippen molar-refractivity contribution in [2.45, 2.75) is 18.8 Å². The summed E-state index contributed by atoms with van der Waals surface area (Å²) in [6, 6.07) is 54.3. The van der Waals surface area contributed by atoms with Crippen molar-refractivity contribution in [2.75, 3.05) is 0 Å². The molecule has 7 heteroatoms. The number of hydrogen-bond donors (Lipinski definition) is 0. The predicted molar refractivity (Wildman–Crippen MR) is 207 cm³/mol. The SMILES string of the molecule is Cc1cc[c-]c2c1C1c3c(cccc3-p3oc4ccccc4c4ccccc4o3)C2c2cccc(-p3oc4ccccc4c4ccccc4o3)c21.[Re]. The van der Waals surface area contributed by atoms with E-state index in [1.165, 1.54) is 38.9 Å². The van der Waals surface area contributed by atoms with Crippen LogP contribution in [0.25, 0.3) is 54.5 Å². The van der Waals surface area contributed by atoms with Gasteiger partial charge in [-0.15, -0.1) is 11.1 Å². The molecule has 0 amide bonds. The quantitative estimate of drug-likeness (QED) is 0.162. The van der Waals surface area contributed by atoms with Gasteiger partial charge in [0.25, 0.3) is 16.0 Å². The smallest absolute Gasteiger partial charge is 0.253 e. The minimum atomic E-state index is -1.55. The maximum atomic E-state index is 6.94. The van der Waals surface area contributed by atoms with E-state index in [0.717, 1.165) is 54.5 Å². The third kappa shape index (κ3) is 4.64. The van der Waals surface area contributed by atoms with Gasteiger partial charge in [0.15, 0.2) is 0 Å². The second kappa shape index (κ2) is 12.3. The summed E-state index contributed by atoms with van der Waals surface area (Å²) in [5, 5.41) is 6.34. The molecule has 3 aliphatic rings. The van der Waals surface area contributed by atoms with Gasteiger partial charge in [0.05, 0.1) is 10.6 Å². The van der Waals surface area contributed by atoms with Crippen molar-refractivity contribution in [1.29, 1.82) is 0 Å². The maximum Gasteiger partial charge on any atom is 0.253 e. The Kier molecular flexibility index (Phi) is 7.51. The number of fused-ring (bicyclic) bond motifs is 6. The molecular weight excluding hydrogens is 853 g/mol. The van der Waals surface area contributed by atoms with Gasteiger partial charge < -0.3 is 16.8 Å². The maximum absolute atomic E-state index is 6.94. The fourth-order valence-electron chi connectivity index (χ4n) is 8.43. The molecule has 0 fully saturated rings. The molecule has 2 aromatic heterocycles. The van der Waals surface area contributed by atoms with Crippen LogP contribution in [0.2, 0.25) is 0 Å². The molecule has 0 saturated heterocycles. The van der Waals surface area contributed by atoms with Gasteiger partial charge in [-0.25, -0.2) is 0 Å². The Labute approximate surface area is 315 Å². The van der Waals surface area contributed by atoms with Crippen LogP contribution >= 0.6 is 16.0 Å². The molecule has 0 atom stereocenters. The van der Waals surface area contributed by atoms with Crippen LogP contribution in [-0.4, -0.2) is 0 Å². The van der Waals surface area contributed by atoms with Crippen LogP contribution in [0.1, 0.15) is 50.8 Å². The molecule has 0 aliphatic heterocycles. The van der Waals surface area contributed by atoms with Gasteiger partial charge in [0.2, 0.25) is 0 Å². The predicted octanol–water partition coefficient (Wildman–Crippen LogP) is 14.0. The van der Waals surface area contributed by atoms with Crippen LogP contribution < -0.4 is 0 Å². The standard InChI is InChI=1S/C45H29O4P2.Re/c1-27-13-10-18-32-41(27)45-43-33(19-11-25-39(43)50-46-35-21-6-2-14-28(35)29-15-3-7-22-36(29)47-50)42(32)34-20-12-26-40(44(34)45)51-48-37-23-8-4-16-30(37)31-17-5-9-24-38(31)49-51;/h2-17,19-26,42,45H,1H3;/q-1;. The fraction of sp³-hybridized carbons (Fsp3) is 0.0667. The molecule has 12 rings (SSSR count). The molecular formula is C45H29O4P2Re-. The second-order valence-electron chi connectivity index (χ2n) is 13.3. The Balaban J connectivity index is 0.00000338. The van der Waals surface area contributed by atoms with Crippen LogP contribution in [0.4, 0.5) is 0 Å². The second-order valence-corrected chi connectivity index (χ2v) is 16.0. The Morgan fingerprint density at radius 2 is 0.846 bits per heavy atom. The van der Waals surface area contributed by atoms with Crippen molar-refractivity contribution in [2.24, 2.45) is 0 Å². The van der Waals surface area contributed by atoms with E-state index in [2.05, 4.69) is 134 Å². The molecule has 0 spiro atoms. The molecule has 2 heterocycles. The third-order valence-electron chi connectivity index (χ3n) is 10.5. The van der Waals surface area contributed by atoms with E-state index in [1.54, 1.807) is 0 Å². The molecule has 7 aromatic carbocycles. The van der Waals surface area contributed by atoms with Gasteiger partial charge in [-0.3, -0.25) is 0 Å². The first-order chi connectivity index (χ1) is 25.2. The van der Waals surface area contributed by atoms with Crippen molar-refractivity contribution in [3.05, 3.63) is 191 Å². The zero-order valence-electron chi connectivity index (χ0n) is 27.9. The summed E-state index contributed by atoms with van der Waals surface area (Å²) in [5.41, 5.74) is 12.2. The summed E-state index contributed by atoms with van der Waals surface area (Å²) in [7, 11) is -3.09. The molecule has 9 aromatic rings. The fourth-order valence-corrected chi connectivity index (χ4v) is 11.6. The van der Waals surface area contributed by atoms with Crippen LogP contribution in [0.15, 0.2) is 162 Å². The Bertz CT molecular complexity index is 2690. The van der Waals surface area contributed by atoms with Crippen molar-refractivity contribution in [3.63, 3.8) is 0 Å². The zero-order valence-corrected chi connectivity index (χ0v) is 32.4. The zero-order chi connectivity index (χ0) is 33.6. The van der Waals surface area contributed by atoms with Gasteiger partial charge >= 0.3 is 0 Å². The van der Waals surface area contributed by atoms with Gasteiger partial charge in [0.1, 0.15) is 22.3 Å². The van der Waals surface area contributed by atoms with E-state index >= 15 is 0 Å². The number of para-hydroxylation sites is 4. The van der Waals surface area contributed by atoms with Gasteiger partial charge in [-0.1, -0.05) is 104 Å². The topological polar surface area (TPSA) is 52.6 Å². The monoisotopic (exact) mass is 882 g/mol. The number of hydrogen-bond acceptors (Lipinski definition) is 4. The van der Waals surface area contributed by atoms with Crippen LogP contribution in [0.3, 0.4) is 0 Å². The van der Waals surface area contributed by atoms with E-state index in [0.29, 0.717) is 0 Å². The van der Waals surface area contributed by atoms with E-state index in [1.807, 2.05) is 24.3 Å². The van der Waals surface area contributed by atoms with Crippen molar-refractivity contribution >= 4 is 59.9 Å². The molecule has 251 valence electrons. The number of rotatable bonds is 2. The van der Waals surface area contributed by atoms with E-state index in [-0.39, 0.29) is 32.3 Å². The molecule has 1 radical (unpaired) electrons. The first-order valence-electron chi connectivity index (χ1n) is 17.2. The third-order valence-corrected chi connectivity index (χ3v) is 13.6. The molecule has 0 unspecified atom stereocenters. The first kappa shape index (κ1) is 31.7. The first-order valence-corrected chi connectivity index (χ1v) is 19.5. The Morgan fingerprint density at radius 1 is 0.442 bits per heavy atom. The molecule has 3 aliphatic carbocycles. The normalized spacial score (nSPS) is 15.2. The minimum absolute atomic E-state index is 0. The summed E-state index contributed by atoms with van der Waals surface area (Å²) in [5.74, 6) is -0.0929. The van der Waals surface area contributed by atoms with Gasteiger partial charge in [-0.2, -0.15) is 23.8 Å². The largest absolute Gasteiger partial charge is 0.416 e. The van der Waals surface area contributed by atoms with E-state index in [4.69, 9.17) is 16.8 Å². The van der Waals surface area contributed by atoms with Crippen LogP contribution in [-0.2, 0) is 20.4 Å².